The first-order chi connectivity index (χ1) is 16.6. The van der Waals surface area contributed by atoms with Crippen LogP contribution >= 0.6 is 0 Å². The summed E-state index contributed by atoms with van der Waals surface area (Å²) in [6, 6.07) is 26.2. The SMILES string of the molecule is CCc1ccc(Cn2nccc2NC(=O)c2nn(-c3ccccc3)c(=O)c3ccccc23)cc1. The molecule has 7 nitrogen and oxygen atoms in total. The molecule has 0 aliphatic rings. The van der Waals surface area contributed by atoms with Gasteiger partial charge in [0.2, 0.25) is 0 Å². The fraction of sp³-hybridized carbons (Fsp3) is 0.111. The molecule has 0 unspecified atom stereocenters. The molecule has 5 aromatic rings. The Morgan fingerprint density at radius 3 is 2.26 bits per heavy atom. The van der Waals surface area contributed by atoms with Crippen molar-refractivity contribution in [2.45, 2.75) is 19.9 Å². The molecule has 0 atom stereocenters. The molecule has 3 aromatic carbocycles. The number of carbonyl (C=O) groups excluding carboxylic acids is 1. The van der Waals surface area contributed by atoms with Gasteiger partial charge in [0.05, 0.1) is 23.8 Å². The monoisotopic (exact) mass is 449 g/mol. The molecule has 2 heterocycles. The molecule has 0 bridgehead atoms. The number of fused-ring (bicyclic) bond motifs is 1. The van der Waals surface area contributed by atoms with E-state index in [1.165, 1.54) is 10.2 Å². The van der Waals surface area contributed by atoms with Crippen LogP contribution in [0.3, 0.4) is 0 Å². The zero-order valence-electron chi connectivity index (χ0n) is 18.7. The summed E-state index contributed by atoms with van der Waals surface area (Å²) in [6.07, 6.45) is 2.63. The second kappa shape index (κ2) is 9.15. The second-order valence-corrected chi connectivity index (χ2v) is 7.94. The zero-order chi connectivity index (χ0) is 23.5. The van der Waals surface area contributed by atoms with Gasteiger partial charge in [0.1, 0.15) is 5.82 Å². The Kier molecular flexibility index (Phi) is 5.74. The first kappa shape index (κ1) is 21.3. The molecule has 0 fully saturated rings. The van der Waals surface area contributed by atoms with Crippen molar-refractivity contribution < 1.29 is 4.79 Å². The van der Waals surface area contributed by atoms with E-state index in [1.54, 1.807) is 53.3 Å². The predicted molar refractivity (Wildman–Crippen MR) is 132 cm³/mol. The van der Waals surface area contributed by atoms with Gasteiger partial charge in [-0.05, 0) is 35.7 Å². The number of hydrogen-bond acceptors (Lipinski definition) is 4. The highest BCUT2D eigenvalue weighted by atomic mass is 16.2. The molecule has 0 saturated carbocycles. The van der Waals surface area contributed by atoms with Gasteiger partial charge in [0, 0.05) is 11.5 Å². The number of amides is 1. The number of aryl methyl sites for hydroxylation is 1. The summed E-state index contributed by atoms with van der Waals surface area (Å²) in [5.74, 6) is 0.136. The first-order valence-corrected chi connectivity index (χ1v) is 11.1. The van der Waals surface area contributed by atoms with E-state index in [0.29, 0.717) is 28.8 Å². The third-order valence-corrected chi connectivity index (χ3v) is 5.74. The van der Waals surface area contributed by atoms with Crippen LogP contribution in [0.15, 0.2) is 95.9 Å². The fourth-order valence-electron chi connectivity index (χ4n) is 3.90. The maximum atomic E-state index is 13.4. The van der Waals surface area contributed by atoms with Gasteiger partial charge >= 0.3 is 0 Å². The maximum Gasteiger partial charge on any atom is 0.279 e. The second-order valence-electron chi connectivity index (χ2n) is 7.94. The van der Waals surface area contributed by atoms with E-state index < -0.39 is 5.91 Å². The number of carbonyl (C=O) groups is 1. The van der Waals surface area contributed by atoms with E-state index >= 15 is 0 Å². The van der Waals surface area contributed by atoms with E-state index in [1.807, 2.05) is 18.2 Å². The van der Waals surface area contributed by atoms with Crippen LogP contribution in [0, 0.1) is 0 Å². The van der Waals surface area contributed by atoms with Gasteiger partial charge in [0.15, 0.2) is 5.69 Å². The quantitative estimate of drug-likeness (QED) is 0.415. The van der Waals surface area contributed by atoms with Crippen LogP contribution in [0.5, 0.6) is 0 Å². The Morgan fingerprint density at radius 2 is 1.53 bits per heavy atom. The summed E-state index contributed by atoms with van der Waals surface area (Å²) in [5, 5.41) is 12.7. The Labute approximate surface area is 196 Å². The number of aromatic nitrogens is 4. The Hall–Kier alpha value is -4.52. The van der Waals surface area contributed by atoms with Crippen molar-refractivity contribution in [3.8, 4) is 5.69 Å². The lowest BCUT2D eigenvalue weighted by Gasteiger charge is -2.12. The van der Waals surface area contributed by atoms with Crippen molar-refractivity contribution in [3.63, 3.8) is 0 Å². The van der Waals surface area contributed by atoms with Gasteiger partial charge < -0.3 is 5.32 Å². The number of nitrogens with one attached hydrogen (secondary N) is 1. The molecule has 34 heavy (non-hydrogen) atoms. The summed E-state index contributed by atoms with van der Waals surface area (Å²) in [4.78, 5) is 26.5. The number of anilines is 1. The lowest BCUT2D eigenvalue weighted by Crippen LogP contribution is -2.27. The van der Waals surface area contributed by atoms with E-state index in [9.17, 15) is 9.59 Å². The molecular formula is C27H23N5O2. The number of para-hydroxylation sites is 1. The average Bonchev–Trinajstić information content (AvgIpc) is 3.31. The van der Waals surface area contributed by atoms with Crippen LogP contribution in [0.25, 0.3) is 16.5 Å². The number of rotatable bonds is 6. The van der Waals surface area contributed by atoms with Crippen LogP contribution < -0.4 is 10.9 Å². The molecule has 0 radical (unpaired) electrons. The van der Waals surface area contributed by atoms with Gasteiger partial charge in [-0.2, -0.15) is 14.9 Å². The third-order valence-electron chi connectivity index (χ3n) is 5.74. The fourth-order valence-corrected chi connectivity index (χ4v) is 3.90. The molecule has 1 amide bonds. The summed E-state index contributed by atoms with van der Waals surface area (Å²) in [6.45, 7) is 2.64. The smallest absolute Gasteiger partial charge is 0.279 e. The van der Waals surface area contributed by atoms with Gasteiger partial charge in [-0.1, -0.05) is 67.6 Å². The molecular weight excluding hydrogens is 426 g/mol. The van der Waals surface area contributed by atoms with E-state index in [4.69, 9.17) is 0 Å². The minimum Gasteiger partial charge on any atom is -0.305 e. The minimum atomic E-state index is -0.413. The molecule has 7 heteroatoms. The lowest BCUT2D eigenvalue weighted by molar-refractivity contribution is 0.102. The molecule has 168 valence electrons. The molecule has 0 aliphatic carbocycles. The largest absolute Gasteiger partial charge is 0.305 e. The van der Waals surface area contributed by atoms with Crippen molar-refractivity contribution in [2.24, 2.45) is 0 Å². The normalized spacial score (nSPS) is 11.0. The van der Waals surface area contributed by atoms with Crippen molar-refractivity contribution in [2.75, 3.05) is 5.32 Å². The number of benzene rings is 3. The van der Waals surface area contributed by atoms with Crippen LogP contribution in [-0.2, 0) is 13.0 Å². The van der Waals surface area contributed by atoms with Crippen molar-refractivity contribution in [1.82, 2.24) is 19.6 Å². The van der Waals surface area contributed by atoms with Crippen LogP contribution in [-0.4, -0.2) is 25.5 Å². The van der Waals surface area contributed by atoms with Crippen molar-refractivity contribution >= 4 is 22.5 Å². The lowest BCUT2D eigenvalue weighted by atomic mass is 10.1. The highest BCUT2D eigenvalue weighted by Crippen LogP contribution is 2.18. The molecule has 1 N–H and O–H groups in total. The average molecular weight is 450 g/mol. The zero-order valence-corrected chi connectivity index (χ0v) is 18.7. The summed E-state index contributed by atoms with van der Waals surface area (Å²) in [7, 11) is 0. The van der Waals surface area contributed by atoms with Gasteiger partial charge in [0.25, 0.3) is 11.5 Å². The molecule has 0 aliphatic heterocycles. The van der Waals surface area contributed by atoms with E-state index in [-0.39, 0.29) is 11.3 Å². The minimum absolute atomic E-state index is 0.166. The number of hydrogen-bond donors (Lipinski definition) is 1. The van der Waals surface area contributed by atoms with Crippen LogP contribution in [0.2, 0.25) is 0 Å². The van der Waals surface area contributed by atoms with Crippen molar-refractivity contribution in [3.05, 3.63) is 118 Å². The maximum absolute atomic E-state index is 13.4. The molecule has 0 saturated heterocycles. The third kappa shape index (κ3) is 4.11. The number of nitrogens with zero attached hydrogens (tertiary/aromatic N) is 4. The predicted octanol–water partition coefficient (Wildman–Crippen LogP) is 4.45. The van der Waals surface area contributed by atoms with E-state index in [2.05, 4.69) is 46.7 Å². The van der Waals surface area contributed by atoms with Crippen LogP contribution in [0.1, 0.15) is 28.5 Å². The molecule has 0 spiro atoms. The van der Waals surface area contributed by atoms with E-state index in [0.717, 1.165) is 12.0 Å². The summed E-state index contributed by atoms with van der Waals surface area (Å²) >= 11 is 0. The summed E-state index contributed by atoms with van der Waals surface area (Å²) < 4.78 is 3.00. The van der Waals surface area contributed by atoms with Gasteiger partial charge in [-0.15, -0.1) is 0 Å². The molecule has 5 rings (SSSR count). The Morgan fingerprint density at radius 1 is 0.853 bits per heavy atom. The van der Waals surface area contributed by atoms with Gasteiger partial charge in [-0.3, -0.25) is 9.59 Å². The molecule has 2 aromatic heterocycles. The van der Waals surface area contributed by atoms with Gasteiger partial charge in [-0.25, -0.2) is 4.68 Å². The highest BCUT2D eigenvalue weighted by Gasteiger charge is 2.19. The van der Waals surface area contributed by atoms with Crippen LogP contribution in [0.4, 0.5) is 5.82 Å². The highest BCUT2D eigenvalue weighted by molar-refractivity contribution is 6.10. The van der Waals surface area contributed by atoms with Crippen molar-refractivity contribution in [1.29, 1.82) is 0 Å². The Bertz CT molecular complexity index is 1520. The first-order valence-electron chi connectivity index (χ1n) is 11.1. The summed E-state index contributed by atoms with van der Waals surface area (Å²) in [5.41, 5.74) is 2.83. The Balaban J connectivity index is 1.50. The topological polar surface area (TPSA) is 81.8 Å². The standard InChI is InChI=1S/C27H23N5O2/c1-2-19-12-14-20(15-13-19)18-31-24(16-17-28-31)29-26(33)25-22-10-6-7-11-23(22)27(34)32(30-25)21-8-4-3-5-9-21/h3-17H,2,18H2,1H3,(H,29,33).